The number of rotatable bonds is 7. The lowest BCUT2D eigenvalue weighted by Gasteiger charge is -2.07. The summed E-state index contributed by atoms with van der Waals surface area (Å²) in [4.78, 5) is 12.4. The first-order valence-corrected chi connectivity index (χ1v) is 11.1. The zero-order chi connectivity index (χ0) is 21.6. The molecular formula is C23H18BrN3O3S. The number of carbonyl (C=O) groups is 1. The maximum atomic E-state index is 12.4. The minimum Gasteiger partial charge on any atom is -0.497 e. The summed E-state index contributed by atoms with van der Waals surface area (Å²) >= 11 is 4.86. The number of benzene rings is 3. The first-order valence-electron chi connectivity index (χ1n) is 9.37. The number of nitrogens with one attached hydrogen (secondary N) is 1. The maximum absolute atomic E-state index is 12.4. The third-order valence-electron chi connectivity index (χ3n) is 4.42. The standard InChI is InChI=1S/C23H18BrN3O3S/c1-29-20-12-10-19(11-13-20)25-21(28)16-4-2-15(3-5-16)14-31-23-27-26-22(30-23)17-6-8-18(24)9-7-17/h2-13H,14H2,1H3,(H,25,28). The van der Waals surface area contributed by atoms with Crippen molar-refractivity contribution in [2.45, 2.75) is 11.0 Å². The number of halogens is 1. The van der Waals surface area contributed by atoms with E-state index in [0.717, 1.165) is 21.3 Å². The quantitative estimate of drug-likeness (QED) is 0.314. The summed E-state index contributed by atoms with van der Waals surface area (Å²) in [6.45, 7) is 0. The molecule has 6 nitrogen and oxygen atoms in total. The van der Waals surface area contributed by atoms with Gasteiger partial charge in [0.05, 0.1) is 7.11 Å². The third-order valence-corrected chi connectivity index (χ3v) is 5.84. The average Bonchev–Trinajstić information content (AvgIpc) is 3.28. The highest BCUT2D eigenvalue weighted by atomic mass is 79.9. The van der Waals surface area contributed by atoms with Crippen molar-refractivity contribution in [3.05, 3.63) is 88.4 Å². The zero-order valence-electron chi connectivity index (χ0n) is 16.5. The van der Waals surface area contributed by atoms with Crippen molar-refractivity contribution < 1.29 is 13.9 Å². The number of carbonyl (C=O) groups excluding carboxylic acids is 1. The van der Waals surface area contributed by atoms with E-state index in [1.54, 1.807) is 43.5 Å². The topological polar surface area (TPSA) is 77.2 Å². The SMILES string of the molecule is COc1ccc(NC(=O)c2ccc(CSc3nnc(-c4ccc(Br)cc4)o3)cc2)cc1. The van der Waals surface area contributed by atoms with Gasteiger partial charge in [0, 0.05) is 27.0 Å². The molecule has 1 aromatic heterocycles. The number of hydrogen-bond acceptors (Lipinski definition) is 6. The molecule has 1 amide bonds. The number of amides is 1. The molecule has 8 heteroatoms. The van der Waals surface area contributed by atoms with Gasteiger partial charge in [-0.3, -0.25) is 4.79 Å². The van der Waals surface area contributed by atoms with Gasteiger partial charge in [0.1, 0.15) is 5.75 Å². The van der Waals surface area contributed by atoms with Crippen molar-refractivity contribution in [3.63, 3.8) is 0 Å². The van der Waals surface area contributed by atoms with Crippen LogP contribution in [-0.2, 0) is 5.75 Å². The number of ether oxygens (including phenoxy) is 1. The van der Waals surface area contributed by atoms with Crippen LogP contribution in [0.5, 0.6) is 5.75 Å². The Kier molecular flexibility index (Phi) is 6.69. The second-order valence-electron chi connectivity index (χ2n) is 6.55. The van der Waals surface area contributed by atoms with Crippen molar-refractivity contribution in [1.29, 1.82) is 0 Å². The molecule has 0 saturated carbocycles. The van der Waals surface area contributed by atoms with Crippen molar-refractivity contribution in [3.8, 4) is 17.2 Å². The van der Waals surface area contributed by atoms with Gasteiger partial charge in [-0.2, -0.15) is 0 Å². The van der Waals surface area contributed by atoms with Crippen LogP contribution in [0.4, 0.5) is 5.69 Å². The van der Waals surface area contributed by atoms with Gasteiger partial charge < -0.3 is 14.5 Å². The van der Waals surface area contributed by atoms with Gasteiger partial charge in [-0.05, 0) is 66.2 Å². The monoisotopic (exact) mass is 495 g/mol. The Labute approximate surface area is 192 Å². The lowest BCUT2D eigenvalue weighted by molar-refractivity contribution is 0.102. The Balaban J connectivity index is 1.33. The van der Waals surface area contributed by atoms with Crippen molar-refractivity contribution in [2.24, 2.45) is 0 Å². The Hall–Kier alpha value is -3.10. The van der Waals surface area contributed by atoms with Crippen LogP contribution in [0, 0.1) is 0 Å². The van der Waals surface area contributed by atoms with Gasteiger partial charge in [0.2, 0.25) is 5.89 Å². The maximum Gasteiger partial charge on any atom is 0.277 e. The first kappa shape index (κ1) is 21.1. The number of hydrogen-bond donors (Lipinski definition) is 1. The van der Waals surface area contributed by atoms with E-state index in [9.17, 15) is 4.79 Å². The Morgan fingerprint density at radius 3 is 2.39 bits per heavy atom. The highest BCUT2D eigenvalue weighted by molar-refractivity contribution is 9.10. The second kappa shape index (κ2) is 9.80. The summed E-state index contributed by atoms with van der Waals surface area (Å²) in [5, 5.41) is 11.6. The predicted molar refractivity (Wildman–Crippen MR) is 124 cm³/mol. The predicted octanol–water partition coefficient (Wildman–Crippen LogP) is 6.05. The molecule has 1 heterocycles. The number of nitrogens with zero attached hydrogens (tertiary/aromatic N) is 2. The molecule has 1 N–H and O–H groups in total. The molecule has 0 bridgehead atoms. The van der Waals surface area contributed by atoms with Crippen LogP contribution in [0.25, 0.3) is 11.5 Å². The van der Waals surface area contributed by atoms with E-state index in [1.807, 2.05) is 36.4 Å². The molecule has 4 rings (SSSR count). The first-order chi connectivity index (χ1) is 15.1. The molecule has 31 heavy (non-hydrogen) atoms. The molecule has 0 spiro atoms. The molecule has 0 atom stereocenters. The van der Waals surface area contributed by atoms with E-state index < -0.39 is 0 Å². The van der Waals surface area contributed by atoms with Gasteiger partial charge in [0.25, 0.3) is 11.1 Å². The molecule has 3 aromatic carbocycles. The smallest absolute Gasteiger partial charge is 0.277 e. The molecule has 0 unspecified atom stereocenters. The molecule has 4 aromatic rings. The number of methoxy groups -OCH3 is 1. The van der Waals surface area contributed by atoms with E-state index in [-0.39, 0.29) is 5.91 Å². The zero-order valence-corrected chi connectivity index (χ0v) is 18.9. The summed E-state index contributed by atoms with van der Waals surface area (Å²) in [6, 6.07) is 22.3. The number of aromatic nitrogens is 2. The van der Waals surface area contributed by atoms with Crippen LogP contribution in [0.3, 0.4) is 0 Å². The summed E-state index contributed by atoms with van der Waals surface area (Å²) < 4.78 is 11.8. The van der Waals surface area contributed by atoms with Gasteiger partial charge in [-0.1, -0.05) is 39.8 Å². The van der Waals surface area contributed by atoms with Gasteiger partial charge in [-0.15, -0.1) is 10.2 Å². The van der Waals surface area contributed by atoms with Crippen LogP contribution in [0.2, 0.25) is 0 Å². The fraction of sp³-hybridized carbons (Fsp3) is 0.0870. The third kappa shape index (κ3) is 5.53. The van der Waals surface area contributed by atoms with Gasteiger partial charge in [0.15, 0.2) is 0 Å². The molecule has 0 aliphatic carbocycles. The molecule has 0 fully saturated rings. The second-order valence-corrected chi connectivity index (χ2v) is 8.39. The molecule has 156 valence electrons. The molecular weight excluding hydrogens is 478 g/mol. The Bertz CT molecular complexity index is 1160. The fourth-order valence-corrected chi connectivity index (χ4v) is 3.74. The lowest BCUT2D eigenvalue weighted by Crippen LogP contribution is -2.11. The van der Waals surface area contributed by atoms with E-state index in [0.29, 0.717) is 28.1 Å². The van der Waals surface area contributed by atoms with Crippen molar-refractivity contribution in [1.82, 2.24) is 10.2 Å². The molecule has 0 saturated heterocycles. The highest BCUT2D eigenvalue weighted by Crippen LogP contribution is 2.26. The van der Waals surface area contributed by atoms with Crippen LogP contribution < -0.4 is 10.1 Å². The van der Waals surface area contributed by atoms with E-state index >= 15 is 0 Å². The molecule has 0 radical (unpaired) electrons. The van der Waals surface area contributed by atoms with Crippen LogP contribution >= 0.6 is 27.7 Å². The van der Waals surface area contributed by atoms with E-state index in [2.05, 4.69) is 31.4 Å². The van der Waals surface area contributed by atoms with Crippen molar-refractivity contribution in [2.75, 3.05) is 12.4 Å². The van der Waals surface area contributed by atoms with Crippen LogP contribution in [0.15, 0.2) is 86.9 Å². The van der Waals surface area contributed by atoms with Crippen LogP contribution in [0.1, 0.15) is 15.9 Å². The lowest BCUT2D eigenvalue weighted by atomic mass is 10.1. The highest BCUT2D eigenvalue weighted by Gasteiger charge is 2.10. The molecule has 0 aliphatic rings. The van der Waals surface area contributed by atoms with E-state index in [4.69, 9.17) is 9.15 Å². The minimum atomic E-state index is -0.166. The van der Waals surface area contributed by atoms with Gasteiger partial charge in [-0.25, -0.2) is 0 Å². The summed E-state index contributed by atoms with van der Waals surface area (Å²) in [7, 11) is 1.60. The number of anilines is 1. The van der Waals surface area contributed by atoms with Crippen LogP contribution in [-0.4, -0.2) is 23.2 Å². The normalized spacial score (nSPS) is 10.6. The summed E-state index contributed by atoms with van der Waals surface area (Å²) in [5.41, 5.74) is 3.22. The average molecular weight is 496 g/mol. The van der Waals surface area contributed by atoms with E-state index in [1.165, 1.54) is 11.8 Å². The summed E-state index contributed by atoms with van der Waals surface area (Å²) in [6.07, 6.45) is 0. The Morgan fingerprint density at radius 2 is 1.71 bits per heavy atom. The largest absolute Gasteiger partial charge is 0.497 e. The number of thioether (sulfide) groups is 1. The molecule has 0 aliphatic heterocycles. The summed E-state index contributed by atoms with van der Waals surface area (Å²) in [5.74, 6) is 1.72. The minimum absolute atomic E-state index is 0.166. The van der Waals surface area contributed by atoms with Gasteiger partial charge >= 0.3 is 0 Å². The van der Waals surface area contributed by atoms with Crippen molar-refractivity contribution >= 4 is 39.3 Å². The fourth-order valence-electron chi connectivity index (χ4n) is 2.75. The Morgan fingerprint density at radius 1 is 1.00 bits per heavy atom.